The number of fused-ring (bicyclic) bond motifs is 1. The number of aromatic nitrogens is 1. The number of methoxy groups -OCH3 is 1. The number of thiazole rings is 1. The van der Waals surface area contributed by atoms with Crippen LogP contribution in [-0.4, -0.2) is 35.6 Å². The van der Waals surface area contributed by atoms with Crippen LogP contribution in [0.1, 0.15) is 43.5 Å². The minimum absolute atomic E-state index is 0.114. The van der Waals surface area contributed by atoms with Crippen molar-refractivity contribution in [3.8, 4) is 5.75 Å². The van der Waals surface area contributed by atoms with Crippen LogP contribution in [0.25, 0.3) is 6.08 Å². The molecule has 1 aliphatic heterocycles. The van der Waals surface area contributed by atoms with E-state index in [0.717, 1.165) is 22.4 Å². The second kappa shape index (κ2) is 10.2. The van der Waals surface area contributed by atoms with Gasteiger partial charge in [-0.15, -0.1) is 0 Å². The minimum Gasteiger partial charge on any atom is -0.497 e. The smallest absolute Gasteiger partial charge is 0.271 e. The van der Waals surface area contributed by atoms with Crippen LogP contribution in [-0.2, 0) is 4.79 Å². The largest absolute Gasteiger partial charge is 0.497 e. The maximum atomic E-state index is 13.8. The molecule has 4 rings (SSSR count). The fraction of sp³-hybridized carbons (Fsp3) is 0.296. The van der Waals surface area contributed by atoms with Crippen molar-refractivity contribution in [2.75, 3.05) is 20.2 Å². The van der Waals surface area contributed by atoms with Crippen LogP contribution in [0.2, 0.25) is 5.02 Å². The molecule has 182 valence electrons. The first-order chi connectivity index (χ1) is 16.8. The van der Waals surface area contributed by atoms with Gasteiger partial charge in [0.2, 0.25) is 0 Å². The molecule has 6 nitrogen and oxygen atoms in total. The third kappa shape index (κ3) is 4.70. The zero-order valence-electron chi connectivity index (χ0n) is 20.5. The average Bonchev–Trinajstić information content (AvgIpc) is 3.15. The van der Waals surface area contributed by atoms with Gasteiger partial charge in [0.05, 0.1) is 29.0 Å². The van der Waals surface area contributed by atoms with Crippen LogP contribution in [0.3, 0.4) is 0 Å². The maximum Gasteiger partial charge on any atom is 0.271 e. The number of rotatable bonds is 6. The summed E-state index contributed by atoms with van der Waals surface area (Å²) in [5.41, 5.74) is 3.69. The summed E-state index contributed by atoms with van der Waals surface area (Å²) in [6.07, 6.45) is 1.88. The van der Waals surface area contributed by atoms with Crippen LogP contribution in [0.5, 0.6) is 5.75 Å². The Balaban J connectivity index is 1.95. The van der Waals surface area contributed by atoms with E-state index in [4.69, 9.17) is 21.3 Å². The molecule has 1 amide bonds. The average molecular weight is 510 g/mol. The molecule has 1 atom stereocenters. The van der Waals surface area contributed by atoms with Crippen molar-refractivity contribution in [1.82, 2.24) is 9.47 Å². The first-order valence-corrected chi connectivity index (χ1v) is 12.7. The molecule has 0 aliphatic carbocycles. The van der Waals surface area contributed by atoms with Crippen molar-refractivity contribution in [2.24, 2.45) is 4.99 Å². The van der Waals surface area contributed by atoms with Gasteiger partial charge in [-0.1, -0.05) is 41.1 Å². The van der Waals surface area contributed by atoms with Crippen molar-refractivity contribution in [1.29, 1.82) is 0 Å². The number of benzene rings is 2. The zero-order chi connectivity index (χ0) is 25.3. The van der Waals surface area contributed by atoms with E-state index in [1.807, 2.05) is 64.1 Å². The number of hydrogen-bond donors (Lipinski definition) is 0. The molecule has 0 bridgehead atoms. The molecule has 0 saturated carbocycles. The molecule has 0 N–H and O–H groups in total. The summed E-state index contributed by atoms with van der Waals surface area (Å²) in [5, 5.41) is 0.591. The Kier molecular flexibility index (Phi) is 7.28. The van der Waals surface area contributed by atoms with E-state index in [1.54, 1.807) is 28.7 Å². The first-order valence-electron chi connectivity index (χ1n) is 11.5. The highest BCUT2D eigenvalue weighted by molar-refractivity contribution is 7.07. The van der Waals surface area contributed by atoms with Crippen molar-refractivity contribution in [3.05, 3.63) is 95.1 Å². The highest BCUT2D eigenvalue weighted by Gasteiger charge is 2.34. The molecule has 0 spiro atoms. The van der Waals surface area contributed by atoms with E-state index < -0.39 is 6.04 Å². The number of aryl methyl sites for hydroxylation is 1. The molecule has 35 heavy (non-hydrogen) atoms. The zero-order valence-corrected chi connectivity index (χ0v) is 22.0. The van der Waals surface area contributed by atoms with E-state index in [2.05, 4.69) is 0 Å². The molecule has 2 aromatic carbocycles. The lowest BCUT2D eigenvalue weighted by molar-refractivity contribution is -0.127. The lowest BCUT2D eigenvalue weighted by Crippen LogP contribution is -2.43. The van der Waals surface area contributed by atoms with E-state index in [1.165, 1.54) is 11.3 Å². The van der Waals surface area contributed by atoms with Gasteiger partial charge in [0.25, 0.3) is 11.5 Å². The van der Waals surface area contributed by atoms with Gasteiger partial charge >= 0.3 is 0 Å². The molecule has 0 radical (unpaired) electrons. The van der Waals surface area contributed by atoms with Crippen molar-refractivity contribution < 1.29 is 9.53 Å². The van der Waals surface area contributed by atoms with Gasteiger partial charge in [-0.25, -0.2) is 4.99 Å². The Hall–Kier alpha value is -3.16. The minimum atomic E-state index is -0.587. The van der Waals surface area contributed by atoms with Crippen molar-refractivity contribution >= 4 is 34.9 Å². The molecule has 1 aliphatic rings. The second-order valence-electron chi connectivity index (χ2n) is 8.33. The van der Waals surface area contributed by atoms with Crippen molar-refractivity contribution in [2.45, 2.75) is 33.7 Å². The second-order valence-corrected chi connectivity index (χ2v) is 9.78. The SMILES string of the molecule is CCN(CC)C(=O)C1=C(C)N=c2s/c(=C/c3ccc(OC)cc3C)c(=O)n2[C@@H]1c1ccc(Cl)cc1. The summed E-state index contributed by atoms with van der Waals surface area (Å²) in [6.45, 7) is 8.85. The molecule has 8 heteroatoms. The fourth-order valence-electron chi connectivity index (χ4n) is 4.32. The van der Waals surface area contributed by atoms with Gasteiger partial charge in [-0.2, -0.15) is 0 Å². The number of carbonyl (C=O) groups excluding carboxylic acids is 1. The molecule has 0 saturated heterocycles. The fourth-order valence-corrected chi connectivity index (χ4v) is 5.48. The molecule has 3 aromatic rings. The third-order valence-electron chi connectivity index (χ3n) is 6.25. The summed E-state index contributed by atoms with van der Waals surface area (Å²) >= 11 is 7.48. The number of halogens is 1. The van der Waals surface area contributed by atoms with Gasteiger partial charge in [0, 0.05) is 18.1 Å². The summed E-state index contributed by atoms with van der Waals surface area (Å²) in [7, 11) is 1.63. The lowest BCUT2D eigenvalue weighted by Gasteiger charge is -2.29. The van der Waals surface area contributed by atoms with Crippen molar-refractivity contribution in [3.63, 3.8) is 0 Å². The van der Waals surface area contributed by atoms with Crippen LogP contribution < -0.4 is 19.6 Å². The van der Waals surface area contributed by atoms with Gasteiger partial charge in [-0.3, -0.25) is 14.2 Å². The van der Waals surface area contributed by atoms with Crippen LogP contribution in [0.4, 0.5) is 0 Å². The normalized spacial score (nSPS) is 15.6. The van der Waals surface area contributed by atoms with E-state index in [0.29, 0.717) is 38.7 Å². The summed E-state index contributed by atoms with van der Waals surface area (Å²) in [5.74, 6) is 0.649. The Bertz CT molecular complexity index is 1480. The number of nitrogens with zero attached hydrogens (tertiary/aromatic N) is 3. The number of likely N-dealkylation sites (N-methyl/N-ethyl adjacent to an activating group) is 1. The Morgan fingerprint density at radius 2 is 1.86 bits per heavy atom. The molecule has 2 heterocycles. The van der Waals surface area contributed by atoms with E-state index in [-0.39, 0.29) is 11.5 Å². The number of ether oxygens (including phenoxy) is 1. The highest BCUT2D eigenvalue weighted by atomic mass is 35.5. The maximum absolute atomic E-state index is 13.8. The van der Waals surface area contributed by atoms with Gasteiger partial charge in [0.1, 0.15) is 5.75 Å². The summed E-state index contributed by atoms with van der Waals surface area (Å²) < 4.78 is 7.50. The Morgan fingerprint density at radius 3 is 2.46 bits per heavy atom. The first kappa shape index (κ1) is 24.9. The predicted molar refractivity (Wildman–Crippen MR) is 141 cm³/mol. The van der Waals surface area contributed by atoms with Crippen LogP contribution in [0, 0.1) is 6.92 Å². The van der Waals surface area contributed by atoms with Gasteiger partial charge < -0.3 is 9.64 Å². The molecule has 0 unspecified atom stereocenters. The molecular formula is C27H28ClN3O3S. The molecule has 1 aromatic heterocycles. The molecule has 0 fully saturated rings. The van der Waals surface area contributed by atoms with E-state index >= 15 is 0 Å². The third-order valence-corrected chi connectivity index (χ3v) is 7.49. The predicted octanol–water partition coefficient (Wildman–Crippen LogP) is 4.07. The van der Waals surface area contributed by atoms with Gasteiger partial charge in [-0.05, 0) is 74.7 Å². The molecular weight excluding hydrogens is 482 g/mol. The highest BCUT2D eigenvalue weighted by Crippen LogP contribution is 2.31. The monoisotopic (exact) mass is 509 g/mol. The van der Waals surface area contributed by atoms with E-state index in [9.17, 15) is 9.59 Å². The number of carbonyl (C=O) groups is 1. The van der Waals surface area contributed by atoms with Crippen LogP contribution in [0.15, 0.2) is 63.5 Å². The van der Waals surface area contributed by atoms with Crippen LogP contribution >= 0.6 is 22.9 Å². The topological polar surface area (TPSA) is 63.9 Å². The Morgan fingerprint density at radius 1 is 1.17 bits per heavy atom. The van der Waals surface area contributed by atoms with Gasteiger partial charge in [0.15, 0.2) is 4.80 Å². The Labute approximate surface area is 213 Å². The number of hydrogen-bond acceptors (Lipinski definition) is 5. The lowest BCUT2D eigenvalue weighted by atomic mass is 9.94. The standard InChI is InChI=1S/C27H28ClN3O3S/c1-6-30(7-2)26(33)23-17(4)29-27-31(24(23)18-8-11-20(28)12-9-18)25(32)22(35-27)15-19-10-13-21(34-5)14-16(19)3/h8-15,24H,6-7H2,1-5H3/b22-15+/t24-/m1/s1. The summed E-state index contributed by atoms with van der Waals surface area (Å²) in [4.78, 5) is 34.4. The quantitative estimate of drug-likeness (QED) is 0.503. The summed E-state index contributed by atoms with van der Waals surface area (Å²) in [6, 6.07) is 12.4. The number of allylic oxidation sites excluding steroid dienone is 1. The number of amides is 1.